The number of methoxy groups -OCH3 is 1. The fraction of sp³-hybridized carbons (Fsp3) is 0.750. The Bertz CT molecular complexity index is 216. The summed E-state index contributed by atoms with van der Waals surface area (Å²) in [6, 6.07) is 0.381. The molecule has 0 aromatic rings. The van der Waals surface area contributed by atoms with Gasteiger partial charge in [0.25, 0.3) is 0 Å². The van der Waals surface area contributed by atoms with Gasteiger partial charge < -0.3 is 4.74 Å². The Kier molecular flexibility index (Phi) is 5.40. The first-order chi connectivity index (χ1) is 7.27. The summed E-state index contributed by atoms with van der Waals surface area (Å²) in [6.45, 7) is 5.85. The molecule has 15 heavy (non-hydrogen) atoms. The van der Waals surface area contributed by atoms with Crippen molar-refractivity contribution in [3.8, 4) is 0 Å². The van der Waals surface area contributed by atoms with Gasteiger partial charge in [-0.25, -0.2) is 0 Å². The summed E-state index contributed by atoms with van der Waals surface area (Å²) in [4.78, 5) is 13.6. The van der Waals surface area contributed by atoms with Crippen LogP contribution in [-0.4, -0.2) is 37.1 Å². The van der Waals surface area contributed by atoms with E-state index in [0.29, 0.717) is 12.5 Å². The Hall–Kier alpha value is -0.830. The molecule has 3 nitrogen and oxygen atoms in total. The second kappa shape index (κ2) is 6.62. The van der Waals surface area contributed by atoms with E-state index in [1.807, 2.05) is 6.08 Å². The fourth-order valence-corrected chi connectivity index (χ4v) is 2.12. The van der Waals surface area contributed by atoms with E-state index in [2.05, 4.69) is 11.5 Å². The molecule has 1 heterocycles. The number of piperidine rings is 1. The van der Waals surface area contributed by atoms with Crippen molar-refractivity contribution >= 4 is 5.97 Å². The lowest BCUT2D eigenvalue weighted by molar-refractivity contribution is -0.142. The van der Waals surface area contributed by atoms with Gasteiger partial charge in [0.1, 0.15) is 0 Å². The third kappa shape index (κ3) is 4.04. The summed E-state index contributed by atoms with van der Waals surface area (Å²) in [5.41, 5.74) is 0. The van der Waals surface area contributed by atoms with E-state index >= 15 is 0 Å². The zero-order chi connectivity index (χ0) is 11.1. The summed E-state index contributed by atoms with van der Waals surface area (Å²) in [5, 5.41) is 0. The maximum atomic E-state index is 11.2. The van der Waals surface area contributed by atoms with Gasteiger partial charge in [-0.2, -0.15) is 0 Å². The van der Waals surface area contributed by atoms with Crippen molar-refractivity contribution in [1.82, 2.24) is 4.90 Å². The van der Waals surface area contributed by atoms with Crippen LogP contribution in [0.15, 0.2) is 12.7 Å². The molecule has 1 saturated heterocycles. The van der Waals surface area contributed by atoms with Crippen molar-refractivity contribution in [2.24, 2.45) is 0 Å². The van der Waals surface area contributed by atoms with Crippen molar-refractivity contribution < 1.29 is 9.53 Å². The lowest BCUT2D eigenvalue weighted by Gasteiger charge is -2.34. The SMILES string of the molecule is C=CCCN1CCCCC1CC(=O)OC. The van der Waals surface area contributed by atoms with E-state index in [0.717, 1.165) is 25.9 Å². The van der Waals surface area contributed by atoms with Crippen LogP contribution in [0.5, 0.6) is 0 Å². The number of ether oxygens (including phenoxy) is 1. The molecule has 0 spiro atoms. The molecular formula is C12H21NO2. The largest absolute Gasteiger partial charge is 0.469 e. The van der Waals surface area contributed by atoms with Gasteiger partial charge in [0.2, 0.25) is 0 Å². The van der Waals surface area contributed by atoms with Gasteiger partial charge >= 0.3 is 5.97 Å². The summed E-state index contributed by atoms with van der Waals surface area (Å²) >= 11 is 0. The number of hydrogen-bond donors (Lipinski definition) is 0. The van der Waals surface area contributed by atoms with Crippen LogP contribution in [-0.2, 0) is 9.53 Å². The number of likely N-dealkylation sites (tertiary alicyclic amines) is 1. The highest BCUT2D eigenvalue weighted by Crippen LogP contribution is 2.20. The fourth-order valence-electron chi connectivity index (χ4n) is 2.12. The minimum Gasteiger partial charge on any atom is -0.469 e. The van der Waals surface area contributed by atoms with Crippen LogP contribution in [0, 0.1) is 0 Å². The minimum absolute atomic E-state index is 0.0921. The molecule has 1 fully saturated rings. The standard InChI is InChI=1S/C12H21NO2/c1-3-4-8-13-9-6-5-7-11(13)10-12(14)15-2/h3,11H,1,4-10H2,2H3. The predicted molar refractivity (Wildman–Crippen MR) is 60.7 cm³/mol. The van der Waals surface area contributed by atoms with E-state index in [1.165, 1.54) is 20.0 Å². The second-order valence-electron chi connectivity index (χ2n) is 4.04. The highest BCUT2D eigenvalue weighted by Gasteiger charge is 2.24. The molecule has 0 saturated carbocycles. The van der Waals surface area contributed by atoms with Gasteiger partial charge in [-0.1, -0.05) is 12.5 Å². The third-order valence-corrected chi connectivity index (χ3v) is 3.00. The predicted octanol–water partition coefficient (Wildman–Crippen LogP) is 1.98. The summed E-state index contributed by atoms with van der Waals surface area (Å²) in [5.74, 6) is -0.0921. The number of rotatable bonds is 5. The van der Waals surface area contributed by atoms with Crippen molar-refractivity contribution in [2.75, 3.05) is 20.2 Å². The van der Waals surface area contributed by atoms with Crippen molar-refractivity contribution in [1.29, 1.82) is 0 Å². The normalized spacial score (nSPS) is 22.3. The van der Waals surface area contributed by atoms with Crippen molar-refractivity contribution in [3.63, 3.8) is 0 Å². The molecular weight excluding hydrogens is 190 g/mol. The third-order valence-electron chi connectivity index (χ3n) is 3.00. The molecule has 1 aliphatic rings. The quantitative estimate of drug-likeness (QED) is 0.514. The highest BCUT2D eigenvalue weighted by molar-refractivity contribution is 5.69. The number of carbonyl (C=O) groups is 1. The van der Waals surface area contributed by atoms with E-state index < -0.39 is 0 Å². The van der Waals surface area contributed by atoms with Gasteiger partial charge in [0, 0.05) is 12.6 Å². The van der Waals surface area contributed by atoms with E-state index in [4.69, 9.17) is 4.74 Å². The highest BCUT2D eigenvalue weighted by atomic mass is 16.5. The first kappa shape index (κ1) is 12.2. The molecule has 0 aliphatic carbocycles. The molecule has 1 rings (SSSR count). The van der Waals surface area contributed by atoms with Gasteiger partial charge in [-0.3, -0.25) is 9.69 Å². The molecule has 0 aromatic heterocycles. The first-order valence-electron chi connectivity index (χ1n) is 5.69. The zero-order valence-corrected chi connectivity index (χ0v) is 9.58. The Morgan fingerprint density at radius 3 is 3.07 bits per heavy atom. The molecule has 1 unspecified atom stereocenters. The van der Waals surface area contributed by atoms with Gasteiger partial charge in [-0.15, -0.1) is 6.58 Å². The Labute approximate surface area is 92.1 Å². The van der Waals surface area contributed by atoms with Crippen LogP contribution in [0.4, 0.5) is 0 Å². The second-order valence-corrected chi connectivity index (χ2v) is 4.04. The number of carbonyl (C=O) groups excluding carboxylic acids is 1. The average Bonchev–Trinajstić information content (AvgIpc) is 2.28. The Balaban J connectivity index is 2.41. The molecule has 0 N–H and O–H groups in total. The number of nitrogens with zero attached hydrogens (tertiary/aromatic N) is 1. The molecule has 0 amide bonds. The van der Waals surface area contributed by atoms with Crippen LogP contribution < -0.4 is 0 Å². The van der Waals surface area contributed by atoms with Crippen molar-refractivity contribution in [3.05, 3.63) is 12.7 Å². The monoisotopic (exact) mass is 211 g/mol. The topological polar surface area (TPSA) is 29.5 Å². The summed E-state index contributed by atoms with van der Waals surface area (Å²) in [7, 11) is 1.46. The minimum atomic E-state index is -0.0921. The van der Waals surface area contributed by atoms with E-state index in [1.54, 1.807) is 0 Å². The Morgan fingerprint density at radius 1 is 1.60 bits per heavy atom. The molecule has 86 valence electrons. The summed E-state index contributed by atoms with van der Waals surface area (Å²) in [6.07, 6.45) is 7.06. The van der Waals surface area contributed by atoms with E-state index in [9.17, 15) is 4.79 Å². The van der Waals surface area contributed by atoms with Crippen LogP contribution >= 0.6 is 0 Å². The molecule has 3 heteroatoms. The molecule has 1 aliphatic heterocycles. The molecule has 0 bridgehead atoms. The smallest absolute Gasteiger partial charge is 0.307 e. The number of esters is 1. The maximum absolute atomic E-state index is 11.2. The first-order valence-corrected chi connectivity index (χ1v) is 5.69. The van der Waals surface area contributed by atoms with E-state index in [-0.39, 0.29) is 5.97 Å². The van der Waals surface area contributed by atoms with Gasteiger partial charge in [-0.05, 0) is 25.8 Å². The lowest BCUT2D eigenvalue weighted by Crippen LogP contribution is -2.41. The Morgan fingerprint density at radius 2 is 2.40 bits per heavy atom. The van der Waals surface area contributed by atoms with Crippen LogP contribution in [0.25, 0.3) is 0 Å². The van der Waals surface area contributed by atoms with Crippen LogP contribution in [0.3, 0.4) is 0 Å². The van der Waals surface area contributed by atoms with Crippen LogP contribution in [0.1, 0.15) is 32.1 Å². The summed E-state index contributed by atoms with van der Waals surface area (Å²) < 4.78 is 4.72. The average molecular weight is 211 g/mol. The molecule has 0 radical (unpaired) electrons. The van der Waals surface area contributed by atoms with Crippen molar-refractivity contribution in [2.45, 2.75) is 38.1 Å². The van der Waals surface area contributed by atoms with Crippen LogP contribution in [0.2, 0.25) is 0 Å². The molecule has 0 aromatic carbocycles. The number of hydrogen-bond acceptors (Lipinski definition) is 3. The molecule has 1 atom stereocenters. The zero-order valence-electron chi connectivity index (χ0n) is 9.58. The lowest BCUT2D eigenvalue weighted by atomic mass is 9.99. The van der Waals surface area contributed by atoms with Gasteiger partial charge in [0.15, 0.2) is 0 Å². The maximum Gasteiger partial charge on any atom is 0.307 e. The van der Waals surface area contributed by atoms with Gasteiger partial charge in [0.05, 0.1) is 13.5 Å².